The van der Waals surface area contributed by atoms with Crippen molar-refractivity contribution in [1.82, 2.24) is 4.90 Å². The van der Waals surface area contributed by atoms with Gasteiger partial charge in [-0.15, -0.1) is 11.3 Å². The van der Waals surface area contributed by atoms with E-state index in [1.54, 1.807) is 36.6 Å². The number of nitrogens with zero attached hydrogens (tertiary/aromatic N) is 1. The number of amides is 2. The maximum atomic E-state index is 12.7. The third-order valence-electron chi connectivity index (χ3n) is 4.49. The number of likely N-dealkylation sites (N-methyl/N-ethyl adjacent to an activating group) is 1. The van der Waals surface area contributed by atoms with Crippen molar-refractivity contribution in [2.45, 2.75) is 26.2 Å². The van der Waals surface area contributed by atoms with Crippen molar-refractivity contribution in [1.29, 1.82) is 0 Å². The molecule has 1 aliphatic carbocycles. The second-order valence-electron chi connectivity index (χ2n) is 6.71. The molecule has 2 aromatic rings. The van der Waals surface area contributed by atoms with Crippen LogP contribution in [-0.4, -0.2) is 30.3 Å². The summed E-state index contributed by atoms with van der Waals surface area (Å²) in [6, 6.07) is 6.98. The standard InChI is InChI=1S/C19H20Cl2N2O2S/c1-11-6-7-15-12(8-11)9-16(26-15)19(25)23(2)10-17(24)22-18-13(20)4-3-5-14(18)21/h3-5,9,11H,6-8,10H2,1-2H3,(H,22,24). The van der Waals surface area contributed by atoms with Crippen molar-refractivity contribution in [3.8, 4) is 0 Å². The second-order valence-corrected chi connectivity index (χ2v) is 8.66. The summed E-state index contributed by atoms with van der Waals surface area (Å²) < 4.78 is 0. The number of carbonyl (C=O) groups is 2. The van der Waals surface area contributed by atoms with Crippen LogP contribution in [0.1, 0.15) is 33.5 Å². The van der Waals surface area contributed by atoms with Crippen LogP contribution in [0.25, 0.3) is 0 Å². The largest absolute Gasteiger partial charge is 0.332 e. The molecular formula is C19H20Cl2N2O2S. The van der Waals surface area contributed by atoms with Crippen LogP contribution in [0.5, 0.6) is 0 Å². The third kappa shape index (κ3) is 4.22. The van der Waals surface area contributed by atoms with Crippen LogP contribution in [-0.2, 0) is 17.6 Å². The highest BCUT2D eigenvalue weighted by Crippen LogP contribution is 2.33. The minimum Gasteiger partial charge on any atom is -0.332 e. The molecule has 1 heterocycles. The van der Waals surface area contributed by atoms with Gasteiger partial charge in [-0.05, 0) is 48.9 Å². The van der Waals surface area contributed by atoms with Crippen molar-refractivity contribution >= 4 is 52.0 Å². The van der Waals surface area contributed by atoms with E-state index in [0.29, 0.717) is 26.5 Å². The minimum atomic E-state index is -0.342. The molecule has 1 unspecified atom stereocenters. The first-order chi connectivity index (χ1) is 12.3. The molecule has 0 fully saturated rings. The van der Waals surface area contributed by atoms with Gasteiger partial charge in [-0.25, -0.2) is 0 Å². The van der Waals surface area contributed by atoms with E-state index in [9.17, 15) is 9.59 Å². The Kier molecular flexibility index (Phi) is 5.90. The first kappa shape index (κ1) is 19.2. The van der Waals surface area contributed by atoms with Crippen molar-refractivity contribution in [3.63, 3.8) is 0 Å². The zero-order chi connectivity index (χ0) is 18.8. The number of para-hydroxylation sites is 1. The molecular weight excluding hydrogens is 391 g/mol. The number of benzene rings is 1. The lowest BCUT2D eigenvalue weighted by atomic mass is 9.90. The van der Waals surface area contributed by atoms with Crippen molar-refractivity contribution in [2.24, 2.45) is 5.92 Å². The van der Waals surface area contributed by atoms with E-state index in [4.69, 9.17) is 23.2 Å². The van der Waals surface area contributed by atoms with E-state index >= 15 is 0 Å². The molecule has 0 radical (unpaired) electrons. The Hall–Kier alpha value is -1.56. The molecule has 1 aliphatic rings. The number of fused-ring (bicyclic) bond motifs is 1. The Labute approximate surface area is 167 Å². The Balaban J connectivity index is 1.65. The molecule has 0 saturated carbocycles. The zero-order valence-electron chi connectivity index (χ0n) is 14.6. The molecule has 3 rings (SSSR count). The van der Waals surface area contributed by atoms with E-state index in [1.165, 1.54) is 15.3 Å². The van der Waals surface area contributed by atoms with Gasteiger partial charge in [0.1, 0.15) is 0 Å². The van der Waals surface area contributed by atoms with Crippen LogP contribution in [0.2, 0.25) is 10.0 Å². The molecule has 7 heteroatoms. The Morgan fingerprint density at radius 1 is 1.31 bits per heavy atom. The third-order valence-corrected chi connectivity index (χ3v) is 6.35. The van der Waals surface area contributed by atoms with E-state index in [-0.39, 0.29) is 18.4 Å². The predicted octanol–water partition coefficient (Wildman–Crippen LogP) is 4.89. The van der Waals surface area contributed by atoms with Gasteiger partial charge >= 0.3 is 0 Å². The molecule has 1 aromatic carbocycles. The van der Waals surface area contributed by atoms with Gasteiger partial charge in [0.2, 0.25) is 5.91 Å². The number of carbonyl (C=O) groups excluding carboxylic acids is 2. The van der Waals surface area contributed by atoms with Crippen molar-refractivity contribution < 1.29 is 9.59 Å². The highest BCUT2D eigenvalue weighted by atomic mass is 35.5. The highest BCUT2D eigenvalue weighted by Gasteiger charge is 2.23. The first-order valence-corrected chi connectivity index (χ1v) is 10.0. The molecule has 1 atom stereocenters. The van der Waals surface area contributed by atoms with Gasteiger partial charge in [0, 0.05) is 11.9 Å². The van der Waals surface area contributed by atoms with E-state index in [2.05, 4.69) is 12.2 Å². The molecule has 1 aromatic heterocycles. The average molecular weight is 411 g/mol. The maximum Gasteiger partial charge on any atom is 0.264 e. The van der Waals surface area contributed by atoms with E-state index in [1.807, 2.05) is 6.07 Å². The van der Waals surface area contributed by atoms with Crippen LogP contribution in [0, 0.1) is 5.92 Å². The quantitative estimate of drug-likeness (QED) is 0.779. The van der Waals surface area contributed by atoms with Gasteiger partial charge in [-0.3, -0.25) is 9.59 Å². The minimum absolute atomic E-state index is 0.0701. The molecule has 0 bridgehead atoms. The van der Waals surface area contributed by atoms with Gasteiger partial charge < -0.3 is 10.2 Å². The molecule has 26 heavy (non-hydrogen) atoms. The number of hydrogen-bond donors (Lipinski definition) is 1. The molecule has 1 N–H and O–H groups in total. The van der Waals surface area contributed by atoms with E-state index < -0.39 is 0 Å². The van der Waals surface area contributed by atoms with Crippen molar-refractivity contribution in [2.75, 3.05) is 18.9 Å². The molecule has 0 aliphatic heterocycles. The Bertz CT molecular complexity index is 830. The van der Waals surface area contributed by atoms with E-state index in [0.717, 1.165) is 19.3 Å². The average Bonchev–Trinajstić information content (AvgIpc) is 3.00. The fourth-order valence-electron chi connectivity index (χ4n) is 3.08. The number of nitrogens with one attached hydrogen (secondary N) is 1. The van der Waals surface area contributed by atoms with Gasteiger partial charge in [0.15, 0.2) is 0 Å². The summed E-state index contributed by atoms with van der Waals surface area (Å²) in [5.74, 6) is 0.173. The van der Waals surface area contributed by atoms with Gasteiger partial charge in [-0.2, -0.15) is 0 Å². The smallest absolute Gasteiger partial charge is 0.264 e. The maximum absolute atomic E-state index is 12.7. The van der Waals surface area contributed by atoms with Crippen LogP contribution in [0.4, 0.5) is 5.69 Å². The summed E-state index contributed by atoms with van der Waals surface area (Å²) in [5, 5.41) is 3.40. The summed E-state index contributed by atoms with van der Waals surface area (Å²) in [5.41, 5.74) is 1.64. The Morgan fingerprint density at radius 3 is 2.69 bits per heavy atom. The van der Waals surface area contributed by atoms with Gasteiger partial charge in [0.25, 0.3) is 5.91 Å². The predicted molar refractivity (Wildman–Crippen MR) is 108 cm³/mol. The van der Waals surface area contributed by atoms with Crippen LogP contribution in [0.3, 0.4) is 0 Å². The fourth-order valence-corrected chi connectivity index (χ4v) is 4.78. The summed E-state index contributed by atoms with van der Waals surface area (Å²) in [6.45, 7) is 2.16. The molecule has 0 spiro atoms. The highest BCUT2D eigenvalue weighted by molar-refractivity contribution is 7.14. The number of hydrogen-bond acceptors (Lipinski definition) is 3. The molecule has 138 valence electrons. The summed E-state index contributed by atoms with van der Waals surface area (Å²) in [7, 11) is 1.62. The second kappa shape index (κ2) is 7.99. The monoisotopic (exact) mass is 410 g/mol. The van der Waals surface area contributed by atoms with Gasteiger partial charge in [-0.1, -0.05) is 36.2 Å². The molecule has 4 nitrogen and oxygen atoms in total. The summed E-state index contributed by atoms with van der Waals surface area (Å²) in [4.78, 5) is 28.4. The van der Waals surface area contributed by atoms with Crippen molar-refractivity contribution in [3.05, 3.63) is 49.6 Å². The molecule has 2 amide bonds. The summed E-state index contributed by atoms with van der Waals surface area (Å²) in [6.07, 6.45) is 3.22. The number of anilines is 1. The number of rotatable bonds is 4. The summed E-state index contributed by atoms with van der Waals surface area (Å²) >= 11 is 13.7. The van der Waals surface area contributed by atoms with Gasteiger partial charge in [0.05, 0.1) is 27.2 Å². The Morgan fingerprint density at radius 2 is 2.00 bits per heavy atom. The van der Waals surface area contributed by atoms with Crippen LogP contribution >= 0.6 is 34.5 Å². The number of thiophene rings is 1. The number of halogens is 2. The lowest BCUT2D eigenvalue weighted by molar-refractivity contribution is -0.116. The lowest BCUT2D eigenvalue weighted by Crippen LogP contribution is -2.34. The first-order valence-electron chi connectivity index (χ1n) is 8.46. The fraction of sp³-hybridized carbons (Fsp3) is 0.368. The zero-order valence-corrected chi connectivity index (χ0v) is 17.0. The topological polar surface area (TPSA) is 49.4 Å². The van der Waals surface area contributed by atoms with Crippen LogP contribution < -0.4 is 5.32 Å². The normalized spacial score (nSPS) is 16.1. The lowest BCUT2D eigenvalue weighted by Gasteiger charge is -2.16. The molecule has 0 saturated heterocycles. The SMILES string of the molecule is CC1CCc2sc(C(=O)N(C)CC(=O)Nc3c(Cl)cccc3Cl)cc2C1. The number of aryl methyl sites for hydroxylation is 1. The van der Waals surface area contributed by atoms with Crippen LogP contribution in [0.15, 0.2) is 24.3 Å².